The summed E-state index contributed by atoms with van der Waals surface area (Å²) in [6.45, 7) is 6.76. The quantitative estimate of drug-likeness (QED) is 0.412. The summed E-state index contributed by atoms with van der Waals surface area (Å²) in [5.74, 6) is 1.24. The number of rotatable bonds is 2. The Kier molecular flexibility index (Phi) is 4.37. The molecular weight excluding hydrogens is 350 g/mol. The fourth-order valence-electron chi connectivity index (χ4n) is 5.51. The first-order chi connectivity index (χ1) is 12.9. The van der Waals surface area contributed by atoms with Crippen molar-refractivity contribution in [3.63, 3.8) is 0 Å². The minimum Gasteiger partial charge on any atom is -0.380 e. The number of para-hydroxylation sites is 1. The Labute approximate surface area is 157 Å². The van der Waals surface area contributed by atoms with Crippen molar-refractivity contribution in [2.24, 2.45) is 11.8 Å². The fraction of sp³-hybridized carbons (Fsp3) is 0.579. The second-order valence-corrected chi connectivity index (χ2v) is 7.80. The lowest BCUT2D eigenvalue weighted by Crippen LogP contribution is -2.68. The Morgan fingerprint density at radius 1 is 1.44 bits per heavy atom. The van der Waals surface area contributed by atoms with E-state index in [1.54, 1.807) is 0 Å². The molecule has 5 aliphatic heterocycles. The number of anilines is 1. The molecule has 5 heterocycles. The highest BCUT2D eigenvalue weighted by Crippen LogP contribution is 2.57. The molecule has 146 valence electrons. The molecule has 2 bridgehead atoms. The van der Waals surface area contributed by atoms with Crippen LogP contribution >= 0.6 is 0 Å². The Balaban J connectivity index is 0.000000413. The van der Waals surface area contributed by atoms with E-state index in [-0.39, 0.29) is 6.04 Å². The molecular formula is C19H25N3O5. The van der Waals surface area contributed by atoms with Gasteiger partial charge in [-0.1, -0.05) is 24.3 Å². The van der Waals surface area contributed by atoms with Crippen molar-refractivity contribution in [3.8, 4) is 0 Å². The van der Waals surface area contributed by atoms with Gasteiger partial charge in [-0.3, -0.25) is 4.90 Å². The first kappa shape index (κ1) is 18.2. The maximum Gasteiger partial charge on any atom is 0.291 e. The molecule has 6 atom stereocenters. The summed E-state index contributed by atoms with van der Waals surface area (Å²) < 4.78 is 6.28. The maximum absolute atomic E-state index is 11.6. The van der Waals surface area contributed by atoms with E-state index in [9.17, 15) is 5.11 Å². The van der Waals surface area contributed by atoms with Gasteiger partial charge in [0.1, 0.15) is 5.60 Å². The molecule has 1 aromatic carbocycles. The van der Waals surface area contributed by atoms with E-state index in [0.29, 0.717) is 24.9 Å². The van der Waals surface area contributed by atoms with Crippen LogP contribution < -0.4 is 5.32 Å². The summed E-state index contributed by atoms with van der Waals surface area (Å²) in [6.07, 6.45) is 5.08. The van der Waals surface area contributed by atoms with Gasteiger partial charge < -0.3 is 20.4 Å². The number of aliphatic hydroxyl groups is 1. The molecule has 6 rings (SSSR count). The van der Waals surface area contributed by atoms with Gasteiger partial charge in [-0.05, 0) is 37.3 Å². The largest absolute Gasteiger partial charge is 0.380 e. The Morgan fingerprint density at radius 3 is 2.85 bits per heavy atom. The average molecular weight is 375 g/mol. The molecule has 0 radical (unpaired) electrons. The molecule has 1 aromatic rings. The average Bonchev–Trinajstić information content (AvgIpc) is 3.11. The van der Waals surface area contributed by atoms with Gasteiger partial charge in [0.2, 0.25) is 0 Å². The van der Waals surface area contributed by atoms with E-state index in [0.717, 1.165) is 30.8 Å². The topological polar surface area (TPSA) is 108 Å². The number of nitrogens with zero attached hydrogens (tertiary/aromatic N) is 2. The zero-order valence-electron chi connectivity index (χ0n) is 15.1. The van der Waals surface area contributed by atoms with E-state index in [1.165, 1.54) is 6.42 Å². The van der Waals surface area contributed by atoms with Gasteiger partial charge in [0.25, 0.3) is 5.09 Å². The number of nitrogens with one attached hydrogen (secondary N) is 1. The van der Waals surface area contributed by atoms with Crippen LogP contribution in [0.1, 0.15) is 24.8 Å². The number of hydrogen-bond acceptors (Lipinski definition) is 6. The highest BCUT2D eigenvalue weighted by Gasteiger charge is 2.67. The van der Waals surface area contributed by atoms with Crippen LogP contribution in [0.15, 0.2) is 36.9 Å². The second-order valence-electron chi connectivity index (χ2n) is 7.80. The predicted octanol–water partition coefficient (Wildman–Crippen LogP) is 1.96. The van der Waals surface area contributed by atoms with Crippen LogP contribution in [0, 0.1) is 22.0 Å². The third-order valence-electron chi connectivity index (χ3n) is 6.68. The molecule has 1 unspecified atom stereocenters. The first-order valence-electron chi connectivity index (χ1n) is 9.35. The van der Waals surface area contributed by atoms with Crippen molar-refractivity contribution in [2.75, 3.05) is 25.0 Å². The summed E-state index contributed by atoms with van der Waals surface area (Å²) >= 11 is 0. The maximum atomic E-state index is 11.6. The van der Waals surface area contributed by atoms with Crippen LogP contribution in [0.2, 0.25) is 0 Å². The lowest BCUT2D eigenvalue weighted by atomic mass is 9.70. The lowest BCUT2D eigenvalue weighted by Gasteiger charge is -2.55. The Bertz CT molecular complexity index is 755. The molecule has 0 aliphatic carbocycles. The molecule has 0 amide bonds. The number of benzene rings is 1. The zero-order chi connectivity index (χ0) is 19.2. The van der Waals surface area contributed by atoms with Gasteiger partial charge in [-0.2, -0.15) is 0 Å². The SMILES string of the molecule is C=C[C@H]1CN2CC[C@H]1C[C@H]2[C@@]12Nc3ccccc3[C@]1(O)CCO2.O=[N+]([O-])O. The minimum atomic E-state index is -1.50. The summed E-state index contributed by atoms with van der Waals surface area (Å²) in [5.41, 5.74) is 0.412. The van der Waals surface area contributed by atoms with Crippen LogP contribution in [0.4, 0.5) is 5.69 Å². The summed E-state index contributed by atoms with van der Waals surface area (Å²) in [4.78, 5) is 10.9. The summed E-state index contributed by atoms with van der Waals surface area (Å²) in [6, 6.07) is 8.35. The number of hydrogen-bond donors (Lipinski definition) is 3. The lowest BCUT2D eigenvalue weighted by molar-refractivity contribution is -0.742. The molecule has 4 saturated heterocycles. The third-order valence-corrected chi connectivity index (χ3v) is 6.68. The van der Waals surface area contributed by atoms with E-state index < -0.39 is 16.4 Å². The number of fused-ring (bicyclic) bond motifs is 7. The molecule has 4 fully saturated rings. The molecule has 27 heavy (non-hydrogen) atoms. The highest BCUT2D eigenvalue weighted by molar-refractivity contribution is 5.63. The first-order valence-corrected chi connectivity index (χ1v) is 9.35. The van der Waals surface area contributed by atoms with Crippen LogP contribution in [-0.4, -0.2) is 51.8 Å². The van der Waals surface area contributed by atoms with Gasteiger partial charge in [0.15, 0.2) is 5.72 Å². The van der Waals surface area contributed by atoms with Crippen LogP contribution in [0.3, 0.4) is 0 Å². The minimum absolute atomic E-state index is 0.220. The van der Waals surface area contributed by atoms with Crippen LogP contribution in [0.5, 0.6) is 0 Å². The molecule has 0 aromatic heterocycles. The zero-order valence-corrected chi connectivity index (χ0v) is 15.1. The van der Waals surface area contributed by atoms with Crippen molar-refractivity contribution in [1.82, 2.24) is 4.90 Å². The van der Waals surface area contributed by atoms with Crippen molar-refractivity contribution >= 4 is 5.69 Å². The molecule has 0 spiro atoms. The summed E-state index contributed by atoms with van der Waals surface area (Å²) in [5, 5.41) is 28.8. The van der Waals surface area contributed by atoms with E-state index in [2.05, 4.69) is 28.9 Å². The monoisotopic (exact) mass is 375 g/mol. The van der Waals surface area contributed by atoms with Crippen molar-refractivity contribution in [3.05, 3.63) is 52.6 Å². The molecule has 3 N–H and O–H groups in total. The van der Waals surface area contributed by atoms with E-state index in [1.807, 2.05) is 18.2 Å². The van der Waals surface area contributed by atoms with Gasteiger partial charge in [0.05, 0.1) is 12.6 Å². The van der Waals surface area contributed by atoms with Crippen molar-refractivity contribution < 1.29 is 20.1 Å². The van der Waals surface area contributed by atoms with Crippen molar-refractivity contribution in [2.45, 2.75) is 36.6 Å². The van der Waals surface area contributed by atoms with Gasteiger partial charge in [-0.25, -0.2) is 0 Å². The van der Waals surface area contributed by atoms with Gasteiger partial charge in [0, 0.05) is 24.2 Å². The number of piperidine rings is 3. The van der Waals surface area contributed by atoms with Crippen LogP contribution in [0.25, 0.3) is 0 Å². The fourth-order valence-corrected chi connectivity index (χ4v) is 5.51. The molecule has 5 aliphatic rings. The van der Waals surface area contributed by atoms with Gasteiger partial charge >= 0.3 is 0 Å². The number of ether oxygens (including phenoxy) is 1. The Morgan fingerprint density at radius 2 is 2.19 bits per heavy atom. The molecule has 8 heteroatoms. The molecule has 8 nitrogen and oxygen atoms in total. The van der Waals surface area contributed by atoms with Crippen LogP contribution in [-0.2, 0) is 10.3 Å². The van der Waals surface area contributed by atoms with E-state index >= 15 is 0 Å². The second kappa shape index (κ2) is 6.47. The normalized spacial score (nSPS) is 40.9. The highest BCUT2D eigenvalue weighted by atomic mass is 16.9. The Hall–Kier alpha value is -2.16. The molecule has 0 saturated carbocycles. The van der Waals surface area contributed by atoms with E-state index in [4.69, 9.17) is 20.1 Å². The third kappa shape index (κ3) is 2.62. The standard InChI is InChI=1S/C19H24N2O2.HNO3/c1-2-13-12-21-9-7-14(13)11-17(21)19-18(22,8-10-23-19)15-5-3-4-6-16(15)20-19;2-1(3)4/h2-6,13-14,17,20,22H,1,7-12H2;(H,2,3,4)/t13-,14-,17-,18+,19-;/m0./s1. The predicted molar refractivity (Wildman–Crippen MR) is 97.8 cm³/mol. The smallest absolute Gasteiger partial charge is 0.291 e. The summed E-state index contributed by atoms with van der Waals surface area (Å²) in [7, 11) is 0. The van der Waals surface area contributed by atoms with Crippen molar-refractivity contribution in [1.29, 1.82) is 0 Å². The van der Waals surface area contributed by atoms with Gasteiger partial charge in [-0.15, -0.1) is 16.7 Å².